The lowest BCUT2D eigenvalue weighted by atomic mass is 10.1. The number of halogens is 1. The number of hydrogen-bond acceptors (Lipinski definition) is 5. The molecule has 3 rings (SSSR count). The smallest absolute Gasteiger partial charge is 0.266 e. The molecule has 0 unspecified atom stereocenters. The van der Waals surface area contributed by atoms with Crippen LogP contribution >= 0.6 is 15.9 Å². The average molecular weight is 506 g/mol. The molecule has 0 saturated carbocycles. The molecule has 0 aliphatic heterocycles. The van der Waals surface area contributed by atoms with E-state index in [9.17, 15) is 14.9 Å². The first kappa shape index (κ1) is 23.6. The Labute approximate surface area is 199 Å². The number of benzene rings is 3. The fourth-order valence-electron chi connectivity index (χ4n) is 2.85. The van der Waals surface area contributed by atoms with Crippen molar-refractivity contribution in [1.82, 2.24) is 0 Å². The summed E-state index contributed by atoms with van der Waals surface area (Å²) < 4.78 is 11.5. The minimum atomic E-state index is -0.531. The van der Waals surface area contributed by atoms with Crippen LogP contribution in [-0.2, 0) is 9.59 Å². The highest BCUT2D eigenvalue weighted by Gasteiger charge is 2.15. The molecule has 0 aliphatic rings. The van der Waals surface area contributed by atoms with Crippen molar-refractivity contribution in [1.29, 1.82) is 5.26 Å². The van der Waals surface area contributed by atoms with Gasteiger partial charge in [0.15, 0.2) is 18.1 Å². The second kappa shape index (κ2) is 11.5. The van der Waals surface area contributed by atoms with Crippen LogP contribution in [0.15, 0.2) is 82.8 Å². The highest BCUT2D eigenvalue weighted by Crippen LogP contribution is 2.37. The van der Waals surface area contributed by atoms with Crippen LogP contribution in [0.25, 0.3) is 6.08 Å². The van der Waals surface area contributed by atoms with Crippen molar-refractivity contribution < 1.29 is 19.1 Å². The molecule has 3 aromatic carbocycles. The third kappa shape index (κ3) is 6.69. The van der Waals surface area contributed by atoms with Crippen molar-refractivity contribution in [2.24, 2.45) is 0 Å². The van der Waals surface area contributed by atoms with E-state index in [1.807, 2.05) is 30.3 Å². The van der Waals surface area contributed by atoms with Gasteiger partial charge in [0, 0.05) is 11.4 Å². The minimum Gasteiger partial charge on any atom is -0.493 e. The number of nitrogens with zero attached hydrogens (tertiary/aromatic N) is 1. The molecule has 33 heavy (non-hydrogen) atoms. The monoisotopic (exact) mass is 505 g/mol. The SMILES string of the molecule is COc1cc(/C=C(\C#N)C(=O)Nc2ccccc2)cc(Br)c1OCC(=O)Nc1ccccc1. The largest absolute Gasteiger partial charge is 0.493 e. The first-order valence-electron chi connectivity index (χ1n) is 9.83. The molecule has 0 bridgehead atoms. The Balaban J connectivity index is 1.74. The summed E-state index contributed by atoms with van der Waals surface area (Å²) in [5, 5.41) is 14.9. The molecule has 0 heterocycles. The van der Waals surface area contributed by atoms with E-state index < -0.39 is 5.91 Å². The van der Waals surface area contributed by atoms with Gasteiger partial charge in [0.05, 0.1) is 11.6 Å². The maximum absolute atomic E-state index is 12.5. The molecule has 2 amide bonds. The molecule has 0 aliphatic carbocycles. The number of amides is 2. The Bertz CT molecular complexity index is 1210. The van der Waals surface area contributed by atoms with Crippen molar-refractivity contribution in [2.45, 2.75) is 0 Å². The zero-order chi connectivity index (χ0) is 23.6. The second-order valence-electron chi connectivity index (χ2n) is 6.73. The Morgan fingerprint density at radius 3 is 2.18 bits per heavy atom. The van der Waals surface area contributed by atoms with Gasteiger partial charge in [-0.3, -0.25) is 9.59 Å². The average Bonchev–Trinajstić information content (AvgIpc) is 2.82. The van der Waals surface area contributed by atoms with E-state index in [1.165, 1.54) is 13.2 Å². The number of rotatable bonds is 8. The molecule has 0 atom stereocenters. The Kier molecular flexibility index (Phi) is 8.22. The van der Waals surface area contributed by atoms with Gasteiger partial charge in [-0.25, -0.2) is 0 Å². The lowest BCUT2D eigenvalue weighted by molar-refractivity contribution is -0.118. The number of methoxy groups -OCH3 is 1. The van der Waals surface area contributed by atoms with E-state index in [2.05, 4.69) is 26.6 Å². The zero-order valence-electron chi connectivity index (χ0n) is 17.7. The molecule has 0 aromatic heterocycles. The maximum Gasteiger partial charge on any atom is 0.266 e. The van der Waals surface area contributed by atoms with Gasteiger partial charge in [-0.15, -0.1) is 0 Å². The van der Waals surface area contributed by atoms with Crippen molar-refractivity contribution in [2.75, 3.05) is 24.4 Å². The van der Waals surface area contributed by atoms with Gasteiger partial charge in [-0.05, 0) is 64.0 Å². The molecule has 7 nitrogen and oxygen atoms in total. The van der Waals surface area contributed by atoms with Crippen LogP contribution in [-0.4, -0.2) is 25.5 Å². The molecule has 0 radical (unpaired) electrons. The van der Waals surface area contributed by atoms with E-state index in [-0.39, 0.29) is 18.1 Å². The van der Waals surface area contributed by atoms with Gasteiger partial charge in [0.25, 0.3) is 11.8 Å². The highest BCUT2D eigenvalue weighted by atomic mass is 79.9. The Morgan fingerprint density at radius 2 is 1.61 bits per heavy atom. The fraction of sp³-hybridized carbons (Fsp3) is 0.0800. The molecule has 2 N–H and O–H groups in total. The van der Waals surface area contributed by atoms with Gasteiger partial charge in [-0.1, -0.05) is 36.4 Å². The van der Waals surface area contributed by atoms with Crippen molar-refractivity contribution >= 4 is 45.2 Å². The number of carbonyl (C=O) groups is 2. The summed E-state index contributed by atoms with van der Waals surface area (Å²) >= 11 is 3.41. The summed E-state index contributed by atoms with van der Waals surface area (Å²) in [4.78, 5) is 24.7. The number of nitriles is 1. The van der Waals surface area contributed by atoms with Crippen molar-refractivity contribution in [3.63, 3.8) is 0 Å². The van der Waals surface area contributed by atoms with Gasteiger partial charge >= 0.3 is 0 Å². The molecule has 0 fully saturated rings. The van der Waals surface area contributed by atoms with Crippen LogP contribution in [0.2, 0.25) is 0 Å². The summed E-state index contributed by atoms with van der Waals surface area (Å²) in [5.74, 6) is -0.200. The number of ether oxygens (including phenoxy) is 2. The maximum atomic E-state index is 12.5. The fourth-order valence-corrected chi connectivity index (χ4v) is 3.43. The summed E-state index contributed by atoms with van der Waals surface area (Å²) in [6.45, 7) is -0.234. The van der Waals surface area contributed by atoms with Crippen LogP contribution in [0, 0.1) is 11.3 Å². The molecule has 0 saturated heterocycles. The summed E-state index contributed by atoms with van der Waals surface area (Å²) in [5.41, 5.74) is 1.71. The second-order valence-corrected chi connectivity index (χ2v) is 7.58. The third-order valence-electron chi connectivity index (χ3n) is 4.36. The van der Waals surface area contributed by atoms with Gasteiger partial charge in [0.2, 0.25) is 0 Å². The van der Waals surface area contributed by atoms with Crippen molar-refractivity contribution in [3.05, 3.63) is 88.4 Å². The van der Waals surface area contributed by atoms with E-state index in [0.29, 0.717) is 32.9 Å². The molecule has 3 aromatic rings. The van der Waals surface area contributed by atoms with E-state index in [1.54, 1.807) is 48.5 Å². The number of anilines is 2. The number of hydrogen-bond donors (Lipinski definition) is 2. The Hall–Kier alpha value is -4.09. The predicted molar refractivity (Wildman–Crippen MR) is 130 cm³/mol. The molecule has 0 spiro atoms. The first-order chi connectivity index (χ1) is 16.0. The summed E-state index contributed by atoms with van der Waals surface area (Å²) in [7, 11) is 1.46. The highest BCUT2D eigenvalue weighted by molar-refractivity contribution is 9.10. The predicted octanol–water partition coefficient (Wildman–Crippen LogP) is 5.02. The lowest BCUT2D eigenvalue weighted by Gasteiger charge is -2.14. The van der Waals surface area contributed by atoms with Crippen LogP contribution in [0.3, 0.4) is 0 Å². The summed E-state index contributed by atoms with van der Waals surface area (Å²) in [6.07, 6.45) is 1.44. The van der Waals surface area contributed by atoms with E-state index in [4.69, 9.17) is 9.47 Å². The number of nitrogens with one attached hydrogen (secondary N) is 2. The lowest BCUT2D eigenvalue weighted by Crippen LogP contribution is -2.20. The van der Waals surface area contributed by atoms with Crippen LogP contribution in [0.1, 0.15) is 5.56 Å². The number of para-hydroxylation sites is 2. The minimum absolute atomic E-state index is 0.0799. The van der Waals surface area contributed by atoms with Crippen molar-refractivity contribution in [3.8, 4) is 17.6 Å². The number of carbonyl (C=O) groups excluding carboxylic acids is 2. The van der Waals surface area contributed by atoms with Gasteiger partial charge < -0.3 is 20.1 Å². The van der Waals surface area contributed by atoms with E-state index >= 15 is 0 Å². The third-order valence-corrected chi connectivity index (χ3v) is 4.95. The van der Waals surface area contributed by atoms with Crippen LogP contribution in [0.4, 0.5) is 11.4 Å². The molecule has 166 valence electrons. The van der Waals surface area contributed by atoms with Gasteiger partial charge in [-0.2, -0.15) is 5.26 Å². The normalized spacial score (nSPS) is 10.6. The topological polar surface area (TPSA) is 100 Å². The molecular formula is C25H20BrN3O4. The zero-order valence-corrected chi connectivity index (χ0v) is 19.3. The standard InChI is InChI=1S/C25H20BrN3O4/c1-32-22-14-17(12-18(15-27)25(31)29-20-10-6-3-7-11-20)13-21(26)24(22)33-16-23(30)28-19-8-4-2-5-9-19/h2-14H,16H2,1H3,(H,28,30)(H,29,31)/b18-12+. The Morgan fingerprint density at radius 1 is 1.00 bits per heavy atom. The van der Waals surface area contributed by atoms with E-state index in [0.717, 1.165) is 0 Å². The quantitative estimate of drug-likeness (QED) is 0.330. The molecular weight excluding hydrogens is 486 g/mol. The van der Waals surface area contributed by atoms with Gasteiger partial charge in [0.1, 0.15) is 11.6 Å². The first-order valence-corrected chi connectivity index (χ1v) is 10.6. The van der Waals surface area contributed by atoms with Crippen LogP contribution in [0.5, 0.6) is 11.5 Å². The molecule has 8 heteroatoms. The summed E-state index contributed by atoms with van der Waals surface area (Å²) in [6, 6.07) is 23.1. The van der Waals surface area contributed by atoms with Crippen LogP contribution < -0.4 is 20.1 Å².